The van der Waals surface area contributed by atoms with E-state index in [0.29, 0.717) is 25.4 Å². The molecule has 1 amide bonds. The molecule has 0 atom stereocenters. The van der Waals surface area contributed by atoms with E-state index in [0.717, 1.165) is 10.8 Å². The summed E-state index contributed by atoms with van der Waals surface area (Å²) in [7, 11) is 1.73. The van der Waals surface area contributed by atoms with Gasteiger partial charge in [-0.1, -0.05) is 18.2 Å². The summed E-state index contributed by atoms with van der Waals surface area (Å²) >= 11 is 1.40. The van der Waals surface area contributed by atoms with E-state index in [1.807, 2.05) is 30.3 Å². The van der Waals surface area contributed by atoms with Crippen molar-refractivity contribution in [3.63, 3.8) is 0 Å². The number of para-hydroxylation sites is 1. The second-order valence-electron chi connectivity index (χ2n) is 4.22. The highest BCUT2D eigenvalue weighted by atomic mass is 32.1. The number of likely N-dealkylation sites (N-methyl/N-ethyl adjacent to an activating group) is 1. The van der Waals surface area contributed by atoms with E-state index < -0.39 is 0 Å². The van der Waals surface area contributed by atoms with Crippen LogP contribution in [0.25, 0.3) is 0 Å². The highest BCUT2D eigenvalue weighted by Crippen LogP contribution is 2.11. The zero-order valence-corrected chi connectivity index (χ0v) is 12.1. The maximum Gasteiger partial charge on any atom is 0.273 e. The molecule has 0 spiro atoms. The van der Waals surface area contributed by atoms with Gasteiger partial charge >= 0.3 is 0 Å². The summed E-state index contributed by atoms with van der Waals surface area (Å²) in [5.74, 6) is 0.685. The Balaban J connectivity index is 1.82. The van der Waals surface area contributed by atoms with Gasteiger partial charge in [0.25, 0.3) is 5.91 Å². The first-order chi connectivity index (χ1) is 9.70. The molecule has 20 heavy (non-hydrogen) atoms. The summed E-state index contributed by atoms with van der Waals surface area (Å²) in [5, 5.41) is 2.50. The molecule has 0 unspecified atom stereocenters. The van der Waals surface area contributed by atoms with E-state index in [-0.39, 0.29) is 5.91 Å². The number of rotatable bonds is 6. The van der Waals surface area contributed by atoms with Crippen molar-refractivity contribution in [1.82, 2.24) is 9.88 Å². The van der Waals surface area contributed by atoms with Crippen LogP contribution in [0.2, 0.25) is 0 Å². The van der Waals surface area contributed by atoms with Crippen molar-refractivity contribution in [2.24, 2.45) is 5.73 Å². The molecule has 0 saturated heterocycles. The average Bonchev–Trinajstić information content (AvgIpc) is 2.96. The van der Waals surface area contributed by atoms with Crippen molar-refractivity contribution < 1.29 is 9.53 Å². The van der Waals surface area contributed by atoms with Crippen LogP contribution >= 0.6 is 11.3 Å². The molecule has 5 nitrogen and oxygen atoms in total. The molecule has 0 radical (unpaired) electrons. The molecule has 0 bridgehead atoms. The molecule has 106 valence electrons. The van der Waals surface area contributed by atoms with Crippen LogP contribution in [0, 0.1) is 0 Å². The second-order valence-corrected chi connectivity index (χ2v) is 5.16. The van der Waals surface area contributed by atoms with Gasteiger partial charge in [-0.05, 0) is 12.1 Å². The Morgan fingerprint density at radius 2 is 2.15 bits per heavy atom. The largest absolute Gasteiger partial charge is 0.492 e. The minimum Gasteiger partial charge on any atom is -0.492 e. The van der Waals surface area contributed by atoms with Crippen LogP contribution < -0.4 is 10.5 Å². The van der Waals surface area contributed by atoms with Gasteiger partial charge in [-0.2, -0.15) is 0 Å². The lowest BCUT2D eigenvalue weighted by Crippen LogP contribution is -2.31. The van der Waals surface area contributed by atoms with Gasteiger partial charge in [-0.3, -0.25) is 4.79 Å². The number of amides is 1. The summed E-state index contributed by atoms with van der Waals surface area (Å²) in [4.78, 5) is 17.9. The van der Waals surface area contributed by atoms with Crippen LogP contribution in [0.1, 0.15) is 15.5 Å². The predicted molar refractivity (Wildman–Crippen MR) is 78.9 cm³/mol. The van der Waals surface area contributed by atoms with Gasteiger partial charge in [0.1, 0.15) is 23.1 Å². The Labute approximate surface area is 122 Å². The fraction of sp³-hybridized carbons (Fsp3) is 0.286. The maximum atomic E-state index is 12.1. The third kappa shape index (κ3) is 3.79. The summed E-state index contributed by atoms with van der Waals surface area (Å²) in [5.41, 5.74) is 5.93. The molecule has 2 aromatic rings. The van der Waals surface area contributed by atoms with Crippen molar-refractivity contribution in [3.05, 3.63) is 46.4 Å². The molecule has 2 rings (SSSR count). The number of thiazole rings is 1. The molecule has 6 heteroatoms. The van der Waals surface area contributed by atoms with Crippen LogP contribution in [0.5, 0.6) is 5.75 Å². The monoisotopic (exact) mass is 291 g/mol. The number of benzene rings is 1. The van der Waals surface area contributed by atoms with Crippen molar-refractivity contribution >= 4 is 17.2 Å². The second kappa shape index (κ2) is 7.02. The van der Waals surface area contributed by atoms with Gasteiger partial charge in [-0.15, -0.1) is 11.3 Å². The van der Waals surface area contributed by atoms with Gasteiger partial charge in [0.2, 0.25) is 0 Å². The summed E-state index contributed by atoms with van der Waals surface area (Å²) in [6.07, 6.45) is 0. The third-order valence-electron chi connectivity index (χ3n) is 2.73. The number of aromatic nitrogens is 1. The first-order valence-corrected chi connectivity index (χ1v) is 7.16. The summed E-state index contributed by atoms with van der Waals surface area (Å²) < 4.78 is 5.56. The predicted octanol–water partition coefficient (Wildman–Crippen LogP) is 1.75. The smallest absolute Gasteiger partial charge is 0.273 e. The Kier molecular flexibility index (Phi) is 5.09. The van der Waals surface area contributed by atoms with E-state index >= 15 is 0 Å². The fourth-order valence-corrected chi connectivity index (χ4v) is 2.27. The van der Waals surface area contributed by atoms with E-state index in [4.69, 9.17) is 10.5 Å². The van der Waals surface area contributed by atoms with Crippen LogP contribution in [0.3, 0.4) is 0 Å². The molecular weight excluding hydrogens is 274 g/mol. The minimum atomic E-state index is -0.113. The number of carbonyl (C=O) groups is 1. The Morgan fingerprint density at radius 1 is 1.40 bits per heavy atom. The van der Waals surface area contributed by atoms with Gasteiger partial charge in [0.15, 0.2) is 0 Å². The molecule has 0 fully saturated rings. The third-order valence-corrected chi connectivity index (χ3v) is 3.60. The van der Waals surface area contributed by atoms with Crippen molar-refractivity contribution in [2.75, 3.05) is 20.2 Å². The highest BCUT2D eigenvalue weighted by Gasteiger charge is 2.14. The summed E-state index contributed by atoms with van der Waals surface area (Å²) in [6, 6.07) is 9.52. The maximum absolute atomic E-state index is 12.1. The van der Waals surface area contributed by atoms with Crippen molar-refractivity contribution in [3.8, 4) is 5.75 Å². The number of hydrogen-bond donors (Lipinski definition) is 1. The van der Waals surface area contributed by atoms with Crippen LogP contribution in [-0.4, -0.2) is 36.0 Å². The van der Waals surface area contributed by atoms with E-state index in [9.17, 15) is 4.79 Å². The highest BCUT2D eigenvalue weighted by molar-refractivity contribution is 7.09. The van der Waals surface area contributed by atoms with Crippen molar-refractivity contribution in [2.45, 2.75) is 6.54 Å². The van der Waals surface area contributed by atoms with Crippen LogP contribution in [-0.2, 0) is 6.54 Å². The van der Waals surface area contributed by atoms with Gasteiger partial charge < -0.3 is 15.4 Å². The number of carbonyl (C=O) groups excluding carboxylic acids is 1. The quantitative estimate of drug-likeness (QED) is 0.880. The Bertz CT molecular complexity index is 557. The van der Waals surface area contributed by atoms with Crippen LogP contribution in [0.15, 0.2) is 35.7 Å². The zero-order chi connectivity index (χ0) is 14.4. The normalized spacial score (nSPS) is 10.3. The van der Waals surface area contributed by atoms with Gasteiger partial charge in [0.05, 0.1) is 6.54 Å². The number of nitrogens with two attached hydrogens (primary N) is 1. The standard InChI is InChI=1S/C14H17N3O2S/c1-17(7-8-19-11-5-3-2-4-6-11)14(18)12-10-20-13(9-15)16-12/h2-6,10H,7-9,15H2,1H3. The van der Waals surface area contributed by atoms with Gasteiger partial charge in [0, 0.05) is 19.0 Å². The topological polar surface area (TPSA) is 68.5 Å². The first kappa shape index (κ1) is 14.5. The molecular formula is C14H17N3O2S. The molecule has 1 aromatic heterocycles. The van der Waals surface area contributed by atoms with Gasteiger partial charge in [-0.25, -0.2) is 4.98 Å². The van der Waals surface area contributed by atoms with E-state index in [1.54, 1.807) is 17.3 Å². The number of hydrogen-bond acceptors (Lipinski definition) is 5. The number of nitrogens with zero attached hydrogens (tertiary/aromatic N) is 2. The molecule has 0 aliphatic carbocycles. The number of ether oxygens (including phenoxy) is 1. The molecule has 2 N–H and O–H groups in total. The summed E-state index contributed by atoms with van der Waals surface area (Å²) in [6.45, 7) is 1.31. The Hall–Kier alpha value is -1.92. The zero-order valence-electron chi connectivity index (χ0n) is 11.3. The molecule has 0 saturated carbocycles. The minimum absolute atomic E-state index is 0.113. The first-order valence-electron chi connectivity index (χ1n) is 6.28. The van der Waals surface area contributed by atoms with Crippen molar-refractivity contribution in [1.29, 1.82) is 0 Å². The molecule has 0 aliphatic heterocycles. The lowest BCUT2D eigenvalue weighted by atomic mass is 10.3. The fourth-order valence-electron chi connectivity index (χ4n) is 1.62. The lowest BCUT2D eigenvalue weighted by Gasteiger charge is -2.16. The molecule has 1 aromatic carbocycles. The molecule has 1 heterocycles. The Morgan fingerprint density at radius 3 is 2.80 bits per heavy atom. The average molecular weight is 291 g/mol. The van der Waals surface area contributed by atoms with E-state index in [2.05, 4.69) is 4.98 Å². The van der Waals surface area contributed by atoms with E-state index in [1.165, 1.54) is 11.3 Å². The lowest BCUT2D eigenvalue weighted by molar-refractivity contribution is 0.0768. The SMILES string of the molecule is CN(CCOc1ccccc1)C(=O)c1csc(CN)n1. The van der Waals surface area contributed by atoms with Crippen LogP contribution in [0.4, 0.5) is 0 Å². The molecule has 0 aliphatic rings.